The smallest absolute Gasteiger partial charge is 0.0698 e. The summed E-state index contributed by atoms with van der Waals surface area (Å²) in [4.78, 5) is 0. The van der Waals surface area contributed by atoms with Crippen LogP contribution >= 0.6 is 0 Å². The topological polar surface area (TPSA) is 41.5 Å². The van der Waals surface area contributed by atoms with Crippen molar-refractivity contribution in [3.63, 3.8) is 0 Å². The standard InChI is InChI=1S/C14H23NO2/c1-12(2)14(13-6-4-3-5-7-13)15-8-10-17-11-9-16/h3-7,12,14-16H,8-11H2,1-2H3. The minimum Gasteiger partial charge on any atom is -0.394 e. The lowest BCUT2D eigenvalue weighted by Gasteiger charge is -2.23. The summed E-state index contributed by atoms with van der Waals surface area (Å²) in [5.74, 6) is 0.537. The summed E-state index contributed by atoms with van der Waals surface area (Å²) in [5.41, 5.74) is 1.31. The fourth-order valence-electron chi connectivity index (χ4n) is 1.85. The van der Waals surface area contributed by atoms with E-state index in [1.165, 1.54) is 5.56 Å². The molecule has 2 N–H and O–H groups in total. The van der Waals surface area contributed by atoms with Crippen molar-refractivity contribution in [2.75, 3.05) is 26.4 Å². The average Bonchev–Trinajstić information content (AvgIpc) is 2.34. The first-order valence-corrected chi connectivity index (χ1v) is 6.22. The molecule has 0 aliphatic carbocycles. The fourth-order valence-corrected chi connectivity index (χ4v) is 1.85. The molecule has 1 atom stereocenters. The Labute approximate surface area is 104 Å². The van der Waals surface area contributed by atoms with E-state index in [1.807, 2.05) is 6.07 Å². The van der Waals surface area contributed by atoms with Crippen molar-refractivity contribution in [2.45, 2.75) is 19.9 Å². The third kappa shape index (κ3) is 5.31. The second-order valence-corrected chi connectivity index (χ2v) is 4.42. The van der Waals surface area contributed by atoms with E-state index in [1.54, 1.807) is 0 Å². The molecule has 3 nitrogen and oxygen atoms in total. The van der Waals surface area contributed by atoms with Gasteiger partial charge in [-0.05, 0) is 11.5 Å². The average molecular weight is 237 g/mol. The maximum Gasteiger partial charge on any atom is 0.0698 e. The monoisotopic (exact) mass is 237 g/mol. The van der Waals surface area contributed by atoms with Gasteiger partial charge in [0.15, 0.2) is 0 Å². The normalized spacial score (nSPS) is 12.9. The highest BCUT2D eigenvalue weighted by Gasteiger charge is 2.13. The van der Waals surface area contributed by atoms with E-state index in [4.69, 9.17) is 9.84 Å². The lowest BCUT2D eigenvalue weighted by atomic mass is 9.96. The summed E-state index contributed by atoms with van der Waals surface area (Å²) < 4.78 is 5.24. The number of rotatable bonds is 8. The highest BCUT2D eigenvalue weighted by atomic mass is 16.5. The Morgan fingerprint density at radius 2 is 1.88 bits per heavy atom. The first-order chi connectivity index (χ1) is 8.25. The predicted octanol–water partition coefficient (Wildman–Crippen LogP) is 1.98. The summed E-state index contributed by atoms with van der Waals surface area (Å²) >= 11 is 0. The van der Waals surface area contributed by atoms with E-state index in [2.05, 4.69) is 43.4 Å². The van der Waals surface area contributed by atoms with E-state index in [0.29, 0.717) is 25.2 Å². The molecule has 0 heterocycles. The zero-order valence-corrected chi connectivity index (χ0v) is 10.7. The van der Waals surface area contributed by atoms with Crippen molar-refractivity contribution in [3.05, 3.63) is 35.9 Å². The summed E-state index contributed by atoms with van der Waals surface area (Å²) in [5, 5.41) is 12.1. The maximum atomic E-state index is 8.60. The molecule has 0 aliphatic rings. The van der Waals surface area contributed by atoms with Crippen molar-refractivity contribution in [1.29, 1.82) is 0 Å². The van der Waals surface area contributed by atoms with Gasteiger partial charge in [0.05, 0.1) is 19.8 Å². The molecular weight excluding hydrogens is 214 g/mol. The molecule has 1 unspecified atom stereocenters. The van der Waals surface area contributed by atoms with Crippen LogP contribution in [0.1, 0.15) is 25.5 Å². The van der Waals surface area contributed by atoms with Gasteiger partial charge < -0.3 is 15.2 Å². The molecule has 1 aromatic carbocycles. The van der Waals surface area contributed by atoms with E-state index in [9.17, 15) is 0 Å². The molecule has 0 aromatic heterocycles. The van der Waals surface area contributed by atoms with Crippen LogP contribution in [0, 0.1) is 5.92 Å². The lowest BCUT2D eigenvalue weighted by molar-refractivity contribution is 0.0916. The molecule has 96 valence electrons. The number of hydrogen-bond acceptors (Lipinski definition) is 3. The van der Waals surface area contributed by atoms with Gasteiger partial charge in [-0.3, -0.25) is 0 Å². The third-order valence-corrected chi connectivity index (χ3v) is 2.67. The second-order valence-electron chi connectivity index (χ2n) is 4.42. The first kappa shape index (κ1) is 14.2. The maximum absolute atomic E-state index is 8.60. The first-order valence-electron chi connectivity index (χ1n) is 6.22. The van der Waals surface area contributed by atoms with Crippen molar-refractivity contribution < 1.29 is 9.84 Å². The van der Waals surface area contributed by atoms with Crippen LogP contribution in [0.2, 0.25) is 0 Å². The molecule has 0 radical (unpaired) electrons. The zero-order chi connectivity index (χ0) is 12.5. The number of nitrogens with one attached hydrogen (secondary N) is 1. The van der Waals surface area contributed by atoms with Gasteiger partial charge >= 0.3 is 0 Å². The Morgan fingerprint density at radius 3 is 2.47 bits per heavy atom. The highest BCUT2D eigenvalue weighted by molar-refractivity contribution is 5.19. The van der Waals surface area contributed by atoms with Gasteiger partial charge in [0.25, 0.3) is 0 Å². The van der Waals surface area contributed by atoms with Crippen LogP contribution < -0.4 is 5.32 Å². The number of aliphatic hydroxyl groups is 1. The van der Waals surface area contributed by atoms with Crippen molar-refractivity contribution in [1.82, 2.24) is 5.32 Å². The van der Waals surface area contributed by atoms with E-state index >= 15 is 0 Å². The second kappa shape index (κ2) is 8.23. The minimum absolute atomic E-state index is 0.0896. The van der Waals surface area contributed by atoms with Gasteiger partial charge in [-0.2, -0.15) is 0 Å². The van der Waals surface area contributed by atoms with Crippen LogP contribution in [-0.2, 0) is 4.74 Å². The molecular formula is C14H23NO2. The van der Waals surface area contributed by atoms with Crippen LogP contribution in [-0.4, -0.2) is 31.5 Å². The van der Waals surface area contributed by atoms with Gasteiger partial charge in [-0.1, -0.05) is 44.2 Å². The summed E-state index contributed by atoms with van der Waals surface area (Å²) in [6.07, 6.45) is 0. The summed E-state index contributed by atoms with van der Waals surface area (Å²) in [6.45, 7) is 6.36. The van der Waals surface area contributed by atoms with Gasteiger partial charge in [-0.15, -0.1) is 0 Å². The summed E-state index contributed by atoms with van der Waals surface area (Å²) in [6, 6.07) is 10.8. The molecule has 0 aliphatic heterocycles. The Hall–Kier alpha value is -0.900. The molecule has 17 heavy (non-hydrogen) atoms. The Balaban J connectivity index is 2.40. The van der Waals surface area contributed by atoms with Gasteiger partial charge in [0.2, 0.25) is 0 Å². The van der Waals surface area contributed by atoms with Crippen LogP contribution in [0.5, 0.6) is 0 Å². The highest BCUT2D eigenvalue weighted by Crippen LogP contribution is 2.20. The number of ether oxygens (including phenoxy) is 1. The predicted molar refractivity (Wildman–Crippen MR) is 69.9 cm³/mol. The number of aliphatic hydroxyl groups excluding tert-OH is 1. The molecule has 0 amide bonds. The third-order valence-electron chi connectivity index (χ3n) is 2.67. The number of benzene rings is 1. The largest absolute Gasteiger partial charge is 0.394 e. The van der Waals surface area contributed by atoms with E-state index < -0.39 is 0 Å². The van der Waals surface area contributed by atoms with Crippen LogP contribution in [0.4, 0.5) is 0 Å². The summed E-state index contributed by atoms with van der Waals surface area (Å²) in [7, 11) is 0. The van der Waals surface area contributed by atoms with Crippen LogP contribution in [0.25, 0.3) is 0 Å². The van der Waals surface area contributed by atoms with Crippen LogP contribution in [0.3, 0.4) is 0 Å². The van der Waals surface area contributed by atoms with Gasteiger partial charge in [0.1, 0.15) is 0 Å². The molecule has 1 rings (SSSR count). The Kier molecular flexibility index (Phi) is 6.86. The SMILES string of the molecule is CC(C)C(NCCOCCO)c1ccccc1. The molecule has 0 saturated heterocycles. The van der Waals surface area contributed by atoms with Crippen molar-refractivity contribution in [2.24, 2.45) is 5.92 Å². The molecule has 1 aromatic rings. The lowest BCUT2D eigenvalue weighted by Crippen LogP contribution is -2.29. The minimum atomic E-state index is 0.0896. The number of hydrogen-bond donors (Lipinski definition) is 2. The van der Waals surface area contributed by atoms with Crippen LogP contribution in [0.15, 0.2) is 30.3 Å². The quantitative estimate of drug-likeness (QED) is 0.679. The Bertz CT molecular complexity index is 288. The molecule has 0 fully saturated rings. The van der Waals surface area contributed by atoms with E-state index in [-0.39, 0.29) is 6.61 Å². The van der Waals surface area contributed by atoms with Crippen molar-refractivity contribution >= 4 is 0 Å². The molecule has 0 bridgehead atoms. The molecule has 3 heteroatoms. The molecule has 0 spiro atoms. The van der Waals surface area contributed by atoms with E-state index in [0.717, 1.165) is 6.54 Å². The van der Waals surface area contributed by atoms with Gasteiger partial charge in [0, 0.05) is 12.6 Å². The van der Waals surface area contributed by atoms with Gasteiger partial charge in [-0.25, -0.2) is 0 Å². The zero-order valence-electron chi connectivity index (χ0n) is 10.7. The Morgan fingerprint density at radius 1 is 1.18 bits per heavy atom. The van der Waals surface area contributed by atoms with Crippen molar-refractivity contribution in [3.8, 4) is 0 Å². The molecule has 0 saturated carbocycles. The fraction of sp³-hybridized carbons (Fsp3) is 0.571.